The molecule has 0 radical (unpaired) electrons. The van der Waals surface area contributed by atoms with Gasteiger partial charge in [-0.1, -0.05) is 24.3 Å². The molecule has 2 aliphatic rings. The molecule has 7 nitrogen and oxygen atoms in total. The van der Waals surface area contributed by atoms with E-state index in [1.54, 1.807) is 10.6 Å². The molecule has 1 aromatic heterocycles. The van der Waals surface area contributed by atoms with Crippen LogP contribution in [0.25, 0.3) is 0 Å². The van der Waals surface area contributed by atoms with Gasteiger partial charge in [0.05, 0.1) is 6.54 Å². The quantitative estimate of drug-likeness (QED) is 0.762. The van der Waals surface area contributed by atoms with Crippen LogP contribution in [-0.2, 0) is 13.6 Å². The molecule has 3 heterocycles. The van der Waals surface area contributed by atoms with Crippen LogP contribution in [0.1, 0.15) is 30.0 Å². The average Bonchev–Trinajstić information content (AvgIpc) is 3.47. The summed E-state index contributed by atoms with van der Waals surface area (Å²) in [5.74, 6) is 0.673. The Balaban J connectivity index is 1.78. The van der Waals surface area contributed by atoms with E-state index in [1.165, 1.54) is 17.2 Å². The average molecular weight is 355 g/mol. The van der Waals surface area contributed by atoms with Crippen LogP contribution in [-0.4, -0.2) is 34.8 Å². The highest BCUT2D eigenvalue weighted by molar-refractivity contribution is 5.41. The standard InChI is InChI=1S/C19H25N5O2/c1-22-18(25)9-17(23-8-4-6-14(20)12-23)24(19(22)26)11-13-5-2-3-7-15(13)16-10-21-16/h2-3,5,7,9,14,16,21H,4,6,8,10-12,20H2,1H3/t14-,16?/m1/s1. The maximum atomic E-state index is 12.9. The van der Waals surface area contributed by atoms with Gasteiger partial charge in [-0.15, -0.1) is 0 Å². The van der Waals surface area contributed by atoms with Crippen molar-refractivity contribution in [3.8, 4) is 0 Å². The summed E-state index contributed by atoms with van der Waals surface area (Å²) in [6.45, 7) is 2.89. The molecule has 1 unspecified atom stereocenters. The van der Waals surface area contributed by atoms with E-state index in [2.05, 4.69) is 22.3 Å². The number of hydrogen-bond donors (Lipinski definition) is 2. The van der Waals surface area contributed by atoms with E-state index in [0.717, 1.165) is 31.5 Å². The fourth-order valence-electron chi connectivity index (χ4n) is 3.75. The van der Waals surface area contributed by atoms with Crippen molar-refractivity contribution in [1.29, 1.82) is 0 Å². The van der Waals surface area contributed by atoms with Crippen LogP contribution in [0.5, 0.6) is 0 Å². The predicted molar refractivity (Wildman–Crippen MR) is 102 cm³/mol. The number of aromatic nitrogens is 2. The second-order valence-electron chi connectivity index (χ2n) is 7.28. The van der Waals surface area contributed by atoms with Gasteiger partial charge in [0.25, 0.3) is 5.56 Å². The van der Waals surface area contributed by atoms with Gasteiger partial charge < -0.3 is 16.0 Å². The highest BCUT2D eigenvalue weighted by Gasteiger charge is 2.26. The highest BCUT2D eigenvalue weighted by atomic mass is 16.2. The van der Waals surface area contributed by atoms with Gasteiger partial charge in [0.15, 0.2) is 0 Å². The minimum atomic E-state index is -0.287. The molecule has 2 saturated heterocycles. The van der Waals surface area contributed by atoms with E-state index in [0.29, 0.717) is 24.9 Å². The Morgan fingerprint density at radius 1 is 1.27 bits per heavy atom. The molecular weight excluding hydrogens is 330 g/mol. The van der Waals surface area contributed by atoms with Crippen molar-refractivity contribution in [3.63, 3.8) is 0 Å². The first-order chi connectivity index (χ1) is 12.5. The molecule has 2 aliphatic heterocycles. The van der Waals surface area contributed by atoms with Gasteiger partial charge in [-0.3, -0.25) is 13.9 Å². The molecule has 1 aromatic carbocycles. The molecule has 2 aromatic rings. The summed E-state index contributed by atoms with van der Waals surface area (Å²) in [5, 5.41) is 3.33. The van der Waals surface area contributed by atoms with E-state index in [-0.39, 0.29) is 17.3 Å². The summed E-state index contributed by atoms with van der Waals surface area (Å²) in [6, 6.07) is 10.2. The third-order valence-electron chi connectivity index (χ3n) is 5.33. The molecule has 4 rings (SSSR count). The van der Waals surface area contributed by atoms with Crippen molar-refractivity contribution in [2.24, 2.45) is 12.8 Å². The number of hydrogen-bond acceptors (Lipinski definition) is 5. The molecule has 2 atom stereocenters. The van der Waals surface area contributed by atoms with Crippen molar-refractivity contribution < 1.29 is 0 Å². The van der Waals surface area contributed by atoms with Gasteiger partial charge >= 0.3 is 5.69 Å². The van der Waals surface area contributed by atoms with E-state index >= 15 is 0 Å². The molecule has 0 spiro atoms. The summed E-state index contributed by atoms with van der Waals surface area (Å²) in [7, 11) is 1.53. The molecule has 0 bridgehead atoms. The fourth-order valence-corrected chi connectivity index (χ4v) is 3.75. The lowest BCUT2D eigenvalue weighted by molar-refractivity contribution is 0.491. The van der Waals surface area contributed by atoms with Crippen molar-refractivity contribution >= 4 is 5.82 Å². The zero-order valence-electron chi connectivity index (χ0n) is 15.0. The van der Waals surface area contributed by atoms with Crippen LogP contribution in [0.2, 0.25) is 0 Å². The minimum Gasteiger partial charge on any atom is -0.356 e. The lowest BCUT2D eigenvalue weighted by atomic mass is 10.0. The molecule has 0 amide bonds. The largest absolute Gasteiger partial charge is 0.356 e. The Bertz CT molecular complexity index is 928. The first-order valence-electron chi connectivity index (χ1n) is 9.17. The van der Waals surface area contributed by atoms with Crippen molar-refractivity contribution in [3.05, 3.63) is 62.3 Å². The van der Waals surface area contributed by atoms with E-state index in [1.807, 2.05) is 12.1 Å². The van der Waals surface area contributed by atoms with Crippen LogP contribution in [0, 0.1) is 0 Å². The van der Waals surface area contributed by atoms with Crippen molar-refractivity contribution in [2.75, 3.05) is 24.5 Å². The molecule has 0 saturated carbocycles. The SMILES string of the molecule is Cn1c(=O)cc(N2CCC[C@@H](N)C2)n(Cc2ccccc2C2CN2)c1=O. The highest BCUT2D eigenvalue weighted by Crippen LogP contribution is 2.26. The molecule has 3 N–H and O–H groups in total. The number of nitrogens with one attached hydrogen (secondary N) is 1. The maximum absolute atomic E-state index is 12.9. The Morgan fingerprint density at radius 3 is 2.77 bits per heavy atom. The summed E-state index contributed by atoms with van der Waals surface area (Å²) in [6.07, 6.45) is 1.94. The van der Waals surface area contributed by atoms with Crippen LogP contribution >= 0.6 is 0 Å². The second kappa shape index (κ2) is 6.74. The normalized spacial score (nSPS) is 22.5. The second-order valence-corrected chi connectivity index (χ2v) is 7.28. The van der Waals surface area contributed by atoms with E-state index in [4.69, 9.17) is 5.73 Å². The van der Waals surface area contributed by atoms with Crippen LogP contribution in [0.4, 0.5) is 5.82 Å². The van der Waals surface area contributed by atoms with Gasteiger partial charge in [-0.25, -0.2) is 4.79 Å². The Morgan fingerprint density at radius 2 is 2.04 bits per heavy atom. The van der Waals surface area contributed by atoms with Gasteiger partial charge in [0, 0.05) is 44.8 Å². The van der Waals surface area contributed by atoms with Gasteiger partial charge in [0.2, 0.25) is 0 Å². The summed E-state index contributed by atoms with van der Waals surface area (Å²) in [4.78, 5) is 27.2. The smallest absolute Gasteiger partial charge is 0.332 e. The summed E-state index contributed by atoms with van der Waals surface area (Å²) in [5.41, 5.74) is 7.88. The van der Waals surface area contributed by atoms with Crippen molar-refractivity contribution in [2.45, 2.75) is 31.5 Å². The molecule has 138 valence electrons. The van der Waals surface area contributed by atoms with Crippen LogP contribution in [0.3, 0.4) is 0 Å². The van der Waals surface area contributed by atoms with E-state index in [9.17, 15) is 9.59 Å². The number of nitrogens with zero attached hydrogens (tertiary/aromatic N) is 3. The Kier molecular flexibility index (Phi) is 4.42. The molecule has 26 heavy (non-hydrogen) atoms. The number of rotatable bonds is 4. The number of anilines is 1. The maximum Gasteiger partial charge on any atom is 0.332 e. The zero-order valence-corrected chi connectivity index (χ0v) is 15.0. The lowest BCUT2D eigenvalue weighted by Crippen LogP contribution is -2.47. The van der Waals surface area contributed by atoms with E-state index < -0.39 is 0 Å². The summed E-state index contributed by atoms with van der Waals surface area (Å²) < 4.78 is 2.88. The number of nitrogens with two attached hydrogens (primary N) is 1. The molecule has 2 fully saturated rings. The molecule has 7 heteroatoms. The number of benzene rings is 1. The van der Waals surface area contributed by atoms with Gasteiger partial charge in [0.1, 0.15) is 5.82 Å². The third-order valence-corrected chi connectivity index (χ3v) is 5.33. The third kappa shape index (κ3) is 3.20. The zero-order chi connectivity index (χ0) is 18.3. The van der Waals surface area contributed by atoms with Gasteiger partial charge in [-0.05, 0) is 24.0 Å². The Labute approximate surface area is 152 Å². The fraction of sp³-hybridized carbons (Fsp3) is 0.474. The van der Waals surface area contributed by atoms with Crippen LogP contribution < -0.4 is 27.2 Å². The van der Waals surface area contributed by atoms with Crippen LogP contribution in [0.15, 0.2) is 39.9 Å². The predicted octanol–water partition coefficient (Wildman–Crippen LogP) is 0.167. The minimum absolute atomic E-state index is 0.0688. The van der Waals surface area contributed by atoms with Crippen molar-refractivity contribution in [1.82, 2.24) is 14.5 Å². The topological polar surface area (TPSA) is 95.2 Å². The molecule has 0 aliphatic carbocycles. The first kappa shape index (κ1) is 17.1. The lowest BCUT2D eigenvalue weighted by Gasteiger charge is -2.34. The number of piperidine rings is 1. The first-order valence-corrected chi connectivity index (χ1v) is 9.17. The monoisotopic (exact) mass is 355 g/mol. The summed E-state index contributed by atoms with van der Waals surface area (Å²) >= 11 is 0. The van der Waals surface area contributed by atoms with Gasteiger partial charge in [-0.2, -0.15) is 0 Å². The molecular formula is C19H25N5O2. The Hall–Kier alpha value is -2.38.